The first-order chi connectivity index (χ1) is 13.6. The summed E-state index contributed by atoms with van der Waals surface area (Å²) in [4.78, 5) is 16.2. The van der Waals surface area contributed by atoms with Crippen LogP contribution in [0.2, 0.25) is 0 Å². The van der Waals surface area contributed by atoms with Crippen LogP contribution in [0.5, 0.6) is 0 Å². The number of aromatic nitrogens is 2. The van der Waals surface area contributed by atoms with Gasteiger partial charge in [0.1, 0.15) is 0 Å². The summed E-state index contributed by atoms with van der Waals surface area (Å²) in [6, 6.07) is 12.2. The summed E-state index contributed by atoms with van der Waals surface area (Å²) in [7, 11) is -2.97. The molecule has 1 aromatic heterocycles. The second-order valence-corrected chi connectivity index (χ2v) is 9.21. The van der Waals surface area contributed by atoms with Gasteiger partial charge >= 0.3 is 12.1 Å². The summed E-state index contributed by atoms with van der Waals surface area (Å²) in [5.41, 5.74) is 0.355. The predicted molar refractivity (Wildman–Crippen MR) is 103 cm³/mol. The molecule has 3 aromatic rings. The highest BCUT2D eigenvalue weighted by molar-refractivity contribution is 9.10. The molecule has 1 heterocycles. The molecule has 2 aromatic carbocycles. The number of nitrogens with zero attached hydrogens (tertiary/aromatic N) is 3. The minimum Gasteiger partial charge on any atom is -0.329 e. The molecule has 11 heteroatoms. The molecule has 0 aliphatic rings. The third-order valence-electron chi connectivity index (χ3n) is 3.84. The predicted octanol–water partition coefficient (Wildman–Crippen LogP) is 5.21. The SMILES string of the molecule is CCS(=O)(=NC(=O)c1ccc(-c2noc(C(F)(F)F)n2)cc1)c1cccc(Br)c1. The molecule has 6 nitrogen and oxygen atoms in total. The Morgan fingerprint density at radius 2 is 1.90 bits per heavy atom. The van der Waals surface area contributed by atoms with E-state index in [4.69, 9.17) is 0 Å². The van der Waals surface area contributed by atoms with E-state index in [-0.39, 0.29) is 22.7 Å². The molecule has 0 fully saturated rings. The van der Waals surface area contributed by atoms with Gasteiger partial charge in [0.05, 0.1) is 9.73 Å². The number of hydrogen-bond acceptors (Lipinski definition) is 5. The average molecular weight is 488 g/mol. The number of carbonyl (C=O) groups excluding carboxylic acids is 1. The maximum absolute atomic E-state index is 13.1. The van der Waals surface area contributed by atoms with E-state index < -0.39 is 27.7 Å². The zero-order chi connectivity index (χ0) is 21.2. The van der Waals surface area contributed by atoms with Crippen LogP contribution in [0.4, 0.5) is 13.2 Å². The van der Waals surface area contributed by atoms with E-state index in [9.17, 15) is 22.2 Å². The van der Waals surface area contributed by atoms with Gasteiger partial charge in [-0.3, -0.25) is 4.79 Å². The van der Waals surface area contributed by atoms with Gasteiger partial charge in [0, 0.05) is 26.2 Å². The van der Waals surface area contributed by atoms with Gasteiger partial charge in [0.2, 0.25) is 5.82 Å². The third-order valence-corrected chi connectivity index (χ3v) is 6.57. The van der Waals surface area contributed by atoms with Gasteiger partial charge in [-0.15, -0.1) is 0 Å². The lowest BCUT2D eigenvalue weighted by Crippen LogP contribution is -2.08. The standard InChI is InChI=1S/C18H13BrF3N3O3S/c1-2-29(27,14-5-3-4-13(19)10-14)25-16(26)12-8-6-11(7-9-12)15-23-17(28-24-15)18(20,21)22/h3-10H,2H2,1H3. The lowest BCUT2D eigenvalue weighted by molar-refractivity contribution is -0.159. The van der Waals surface area contributed by atoms with E-state index >= 15 is 0 Å². The second-order valence-electron chi connectivity index (χ2n) is 5.78. The molecule has 3 rings (SSSR count). The molecule has 0 spiro atoms. The molecule has 152 valence electrons. The largest absolute Gasteiger partial charge is 0.471 e. The number of amides is 1. The van der Waals surface area contributed by atoms with Crippen molar-refractivity contribution in [2.45, 2.75) is 18.0 Å². The summed E-state index contributed by atoms with van der Waals surface area (Å²) in [6.45, 7) is 1.66. The maximum atomic E-state index is 13.1. The fraction of sp³-hybridized carbons (Fsp3) is 0.167. The van der Waals surface area contributed by atoms with Gasteiger partial charge in [-0.05, 0) is 30.3 Å². The highest BCUT2D eigenvalue weighted by Crippen LogP contribution is 2.29. The number of halogens is 4. The molecule has 0 saturated carbocycles. The maximum Gasteiger partial charge on any atom is 0.471 e. The summed E-state index contributed by atoms with van der Waals surface area (Å²) < 4.78 is 59.6. The van der Waals surface area contributed by atoms with Gasteiger partial charge in [0.25, 0.3) is 5.91 Å². The second kappa shape index (κ2) is 8.07. The molecule has 0 aliphatic heterocycles. The molecule has 1 atom stereocenters. The fourth-order valence-electron chi connectivity index (χ4n) is 2.35. The summed E-state index contributed by atoms with van der Waals surface area (Å²) >= 11 is 3.30. The minimum absolute atomic E-state index is 0.129. The minimum atomic E-state index is -4.74. The number of alkyl halides is 3. The summed E-state index contributed by atoms with van der Waals surface area (Å²) in [6.07, 6.45) is -4.74. The Bertz CT molecular complexity index is 1170. The molecule has 0 bridgehead atoms. The number of rotatable bonds is 4. The Hall–Kier alpha value is -2.53. The lowest BCUT2D eigenvalue weighted by atomic mass is 10.1. The van der Waals surface area contributed by atoms with Crippen LogP contribution in [0.1, 0.15) is 23.2 Å². The van der Waals surface area contributed by atoms with Crippen LogP contribution in [0.25, 0.3) is 11.4 Å². The van der Waals surface area contributed by atoms with Crippen LogP contribution in [-0.2, 0) is 15.9 Å². The van der Waals surface area contributed by atoms with Crippen molar-refractivity contribution in [2.24, 2.45) is 4.36 Å². The molecule has 1 amide bonds. The Morgan fingerprint density at radius 1 is 1.21 bits per heavy atom. The van der Waals surface area contributed by atoms with E-state index in [0.29, 0.717) is 9.37 Å². The number of benzene rings is 2. The number of hydrogen-bond donors (Lipinski definition) is 0. The van der Waals surface area contributed by atoms with Crippen molar-refractivity contribution >= 4 is 31.6 Å². The first-order valence-corrected chi connectivity index (χ1v) is 10.7. The van der Waals surface area contributed by atoms with Crippen molar-refractivity contribution in [1.82, 2.24) is 10.1 Å². The zero-order valence-corrected chi connectivity index (χ0v) is 17.2. The topological polar surface area (TPSA) is 85.4 Å². The smallest absolute Gasteiger partial charge is 0.329 e. The van der Waals surface area contributed by atoms with Crippen molar-refractivity contribution in [2.75, 3.05) is 5.75 Å². The van der Waals surface area contributed by atoms with Crippen LogP contribution in [-0.4, -0.2) is 26.0 Å². The average Bonchev–Trinajstić information content (AvgIpc) is 3.19. The van der Waals surface area contributed by atoms with Gasteiger partial charge in [-0.25, -0.2) is 4.21 Å². The van der Waals surface area contributed by atoms with Crippen molar-refractivity contribution < 1.29 is 26.7 Å². The molecular formula is C18H13BrF3N3O3S. The van der Waals surface area contributed by atoms with Crippen LogP contribution >= 0.6 is 15.9 Å². The van der Waals surface area contributed by atoms with E-state index in [1.165, 1.54) is 24.3 Å². The fourth-order valence-corrected chi connectivity index (χ4v) is 4.45. The van der Waals surface area contributed by atoms with Crippen LogP contribution < -0.4 is 0 Å². The third kappa shape index (κ3) is 4.73. The Labute approximate surface area is 172 Å². The Kier molecular flexibility index (Phi) is 5.90. The highest BCUT2D eigenvalue weighted by atomic mass is 79.9. The highest BCUT2D eigenvalue weighted by Gasteiger charge is 2.38. The molecule has 0 radical (unpaired) electrons. The van der Waals surface area contributed by atoms with E-state index in [0.717, 1.165) is 0 Å². The van der Waals surface area contributed by atoms with Gasteiger partial charge < -0.3 is 4.52 Å². The zero-order valence-electron chi connectivity index (χ0n) is 14.8. The van der Waals surface area contributed by atoms with Crippen LogP contribution in [0.3, 0.4) is 0 Å². The normalized spacial score (nSPS) is 13.7. The summed E-state index contributed by atoms with van der Waals surface area (Å²) in [5, 5.41) is 3.28. The van der Waals surface area contributed by atoms with E-state index in [1.807, 2.05) is 0 Å². The van der Waals surface area contributed by atoms with Crippen molar-refractivity contribution in [3.05, 3.63) is 64.5 Å². The van der Waals surface area contributed by atoms with Crippen molar-refractivity contribution in [1.29, 1.82) is 0 Å². The van der Waals surface area contributed by atoms with Crippen LogP contribution in [0, 0.1) is 0 Å². The van der Waals surface area contributed by atoms with Gasteiger partial charge in [0.15, 0.2) is 0 Å². The Balaban J connectivity index is 1.89. The van der Waals surface area contributed by atoms with Crippen LogP contribution in [0.15, 0.2) is 66.8 Å². The lowest BCUT2D eigenvalue weighted by Gasteiger charge is -2.08. The van der Waals surface area contributed by atoms with E-state index in [2.05, 4.69) is 35.0 Å². The van der Waals surface area contributed by atoms with Gasteiger partial charge in [-0.2, -0.15) is 22.5 Å². The number of carbonyl (C=O) groups is 1. The van der Waals surface area contributed by atoms with E-state index in [1.54, 1.807) is 31.2 Å². The molecule has 0 saturated heterocycles. The molecule has 0 N–H and O–H groups in total. The van der Waals surface area contributed by atoms with Gasteiger partial charge in [-0.1, -0.05) is 46.2 Å². The summed E-state index contributed by atoms with van der Waals surface area (Å²) in [5.74, 6) is -2.29. The quantitative estimate of drug-likeness (QED) is 0.504. The molecular weight excluding hydrogens is 475 g/mol. The first kappa shape index (κ1) is 21.2. The molecule has 29 heavy (non-hydrogen) atoms. The monoisotopic (exact) mass is 487 g/mol. The Morgan fingerprint density at radius 3 is 2.45 bits per heavy atom. The first-order valence-electron chi connectivity index (χ1n) is 8.18. The van der Waals surface area contributed by atoms with Crippen molar-refractivity contribution in [3.8, 4) is 11.4 Å². The molecule has 0 aliphatic carbocycles. The van der Waals surface area contributed by atoms with Crippen molar-refractivity contribution in [3.63, 3.8) is 0 Å². The molecule has 1 unspecified atom stereocenters.